The van der Waals surface area contributed by atoms with Crippen LogP contribution in [-0.4, -0.2) is 23.9 Å². The first-order valence-corrected chi connectivity index (χ1v) is 9.26. The third-order valence-electron chi connectivity index (χ3n) is 4.68. The summed E-state index contributed by atoms with van der Waals surface area (Å²) in [7, 11) is 0. The molecule has 10 heteroatoms. The molecule has 2 aromatic carbocycles. The largest absolute Gasteiger partial charge is 0.416 e. The maximum atomic E-state index is 13.2. The Bertz CT molecular complexity index is 944. The number of non-ortho nitro benzene ring substituents is 1. The number of carbonyl (C=O) groups excluding carboxylic acids is 1. The Hall–Kier alpha value is -2.81. The number of hydrogen-bond donors (Lipinski definition) is 1. The zero-order valence-corrected chi connectivity index (χ0v) is 15.9. The van der Waals surface area contributed by atoms with Crippen LogP contribution < -0.4 is 10.2 Å². The van der Waals surface area contributed by atoms with E-state index in [1.165, 1.54) is 12.1 Å². The van der Waals surface area contributed by atoms with E-state index in [1.54, 1.807) is 0 Å². The van der Waals surface area contributed by atoms with Crippen LogP contribution in [0.25, 0.3) is 0 Å². The molecular weight excluding hydrogens is 411 g/mol. The maximum absolute atomic E-state index is 13.2. The molecule has 1 aliphatic heterocycles. The van der Waals surface area contributed by atoms with Crippen LogP contribution in [0.2, 0.25) is 5.02 Å². The molecule has 0 bridgehead atoms. The molecule has 154 valence electrons. The number of nitro benzene ring substituents is 1. The van der Waals surface area contributed by atoms with E-state index in [4.69, 9.17) is 11.6 Å². The first-order valence-electron chi connectivity index (χ1n) is 8.88. The van der Waals surface area contributed by atoms with Crippen molar-refractivity contribution in [1.82, 2.24) is 0 Å². The Morgan fingerprint density at radius 3 is 2.38 bits per heavy atom. The summed E-state index contributed by atoms with van der Waals surface area (Å²) in [6.07, 6.45) is -1.71. The molecule has 0 radical (unpaired) electrons. The number of nitro groups is 1. The van der Waals surface area contributed by atoms with E-state index in [0.29, 0.717) is 18.8 Å². The van der Waals surface area contributed by atoms with Gasteiger partial charge in [0.1, 0.15) is 0 Å². The third kappa shape index (κ3) is 4.79. The van der Waals surface area contributed by atoms with E-state index in [2.05, 4.69) is 5.32 Å². The number of anilines is 2. The topological polar surface area (TPSA) is 75.5 Å². The molecule has 0 saturated carbocycles. The Balaban J connectivity index is 1.95. The van der Waals surface area contributed by atoms with Gasteiger partial charge in [0, 0.05) is 25.2 Å². The molecule has 6 nitrogen and oxygen atoms in total. The first kappa shape index (κ1) is 20.9. The summed E-state index contributed by atoms with van der Waals surface area (Å²) >= 11 is 5.97. The van der Waals surface area contributed by atoms with Crippen molar-refractivity contribution in [2.45, 2.75) is 25.4 Å². The summed E-state index contributed by atoms with van der Waals surface area (Å²) in [6.45, 7) is 1.35. The maximum Gasteiger partial charge on any atom is 0.416 e. The van der Waals surface area contributed by atoms with Gasteiger partial charge in [0.15, 0.2) is 0 Å². The molecule has 1 fully saturated rings. The number of benzene rings is 2. The van der Waals surface area contributed by atoms with Gasteiger partial charge in [0.05, 0.1) is 32.4 Å². The molecule has 0 aromatic heterocycles. The Morgan fingerprint density at radius 2 is 1.79 bits per heavy atom. The lowest BCUT2D eigenvalue weighted by molar-refractivity contribution is -0.384. The molecule has 1 N–H and O–H groups in total. The van der Waals surface area contributed by atoms with Crippen LogP contribution in [0.15, 0.2) is 36.4 Å². The average Bonchev–Trinajstić information content (AvgIpc) is 2.67. The summed E-state index contributed by atoms with van der Waals surface area (Å²) in [5.74, 6) is -0.748. The number of piperidine rings is 1. The minimum Gasteiger partial charge on any atom is -0.370 e. The molecule has 3 rings (SSSR count). The molecule has 1 aliphatic rings. The number of carbonyl (C=O) groups is 1. The summed E-state index contributed by atoms with van der Waals surface area (Å²) in [5.41, 5.74) is -0.743. The minimum absolute atomic E-state index is 0.0149. The van der Waals surface area contributed by atoms with Gasteiger partial charge >= 0.3 is 6.18 Å². The van der Waals surface area contributed by atoms with Gasteiger partial charge < -0.3 is 10.2 Å². The number of halogens is 4. The van der Waals surface area contributed by atoms with E-state index < -0.39 is 22.6 Å². The van der Waals surface area contributed by atoms with E-state index in [9.17, 15) is 28.1 Å². The Kier molecular flexibility index (Phi) is 5.97. The summed E-state index contributed by atoms with van der Waals surface area (Å²) < 4.78 is 39.5. The predicted octanol–water partition coefficient (Wildman–Crippen LogP) is 5.51. The van der Waals surface area contributed by atoms with Crippen LogP contribution in [0.4, 0.5) is 30.2 Å². The van der Waals surface area contributed by atoms with Crippen molar-refractivity contribution in [1.29, 1.82) is 0 Å². The lowest BCUT2D eigenvalue weighted by Gasteiger charge is -2.31. The number of amides is 1. The summed E-state index contributed by atoms with van der Waals surface area (Å²) in [4.78, 5) is 24.7. The fraction of sp³-hybridized carbons (Fsp3) is 0.316. The quantitative estimate of drug-likeness (QED) is 0.515. The van der Waals surface area contributed by atoms with Gasteiger partial charge in [0.25, 0.3) is 11.6 Å². The van der Waals surface area contributed by atoms with Crippen molar-refractivity contribution < 1.29 is 22.9 Å². The first-order chi connectivity index (χ1) is 13.7. The van der Waals surface area contributed by atoms with Gasteiger partial charge in [-0.2, -0.15) is 13.2 Å². The van der Waals surface area contributed by atoms with Gasteiger partial charge in [-0.1, -0.05) is 11.6 Å². The van der Waals surface area contributed by atoms with Crippen LogP contribution in [0.5, 0.6) is 0 Å². The van der Waals surface area contributed by atoms with Gasteiger partial charge in [-0.05, 0) is 43.5 Å². The second-order valence-electron chi connectivity index (χ2n) is 6.65. The Labute approximate surface area is 169 Å². The number of hydrogen-bond acceptors (Lipinski definition) is 4. The third-order valence-corrected chi connectivity index (χ3v) is 4.99. The smallest absolute Gasteiger partial charge is 0.370 e. The highest BCUT2D eigenvalue weighted by Gasteiger charge is 2.32. The van der Waals surface area contributed by atoms with E-state index in [0.717, 1.165) is 43.5 Å². The van der Waals surface area contributed by atoms with Crippen LogP contribution in [0.1, 0.15) is 35.2 Å². The number of nitrogens with zero attached hydrogens (tertiary/aromatic N) is 2. The highest BCUT2D eigenvalue weighted by Crippen LogP contribution is 2.37. The fourth-order valence-electron chi connectivity index (χ4n) is 3.21. The van der Waals surface area contributed by atoms with Crippen molar-refractivity contribution >= 4 is 34.6 Å². The molecule has 1 amide bonds. The molecule has 0 unspecified atom stereocenters. The molecule has 0 aliphatic carbocycles. The van der Waals surface area contributed by atoms with Gasteiger partial charge in [-0.3, -0.25) is 14.9 Å². The molecular formula is C19H17ClF3N3O3. The molecule has 0 spiro atoms. The molecule has 0 atom stereocenters. The van der Waals surface area contributed by atoms with Crippen molar-refractivity contribution in [2.24, 2.45) is 0 Å². The van der Waals surface area contributed by atoms with Crippen molar-refractivity contribution in [3.63, 3.8) is 0 Å². The number of rotatable bonds is 4. The van der Waals surface area contributed by atoms with Gasteiger partial charge in [-0.15, -0.1) is 0 Å². The van der Waals surface area contributed by atoms with Crippen molar-refractivity contribution in [2.75, 3.05) is 23.3 Å². The second kappa shape index (κ2) is 8.28. The minimum atomic E-state index is -4.56. The highest BCUT2D eigenvalue weighted by molar-refractivity contribution is 6.34. The van der Waals surface area contributed by atoms with E-state index in [-0.39, 0.29) is 22.0 Å². The summed E-state index contributed by atoms with van der Waals surface area (Å²) in [5, 5.41) is 13.1. The number of alkyl halides is 3. The van der Waals surface area contributed by atoms with Crippen LogP contribution in [0, 0.1) is 10.1 Å². The lowest BCUT2D eigenvalue weighted by Crippen LogP contribution is -2.30. The second-order valence-corrected chi connectivity index (χ2v) is 7.06. The summed E-state index contributed by atoms with van der Waals surface area (Å²) in [6, 6.07) is 6.53. The predicted molar refractivity (Wildman–Crippen MR) is 104 cm³/mol. The lowest BCUT2D eigenvalue weighted by atomic mass is 10.1. The van der Waals surface area contributed by atoms with Crippen molar-refractivity contribution in [3.8, 4) is 0 Å². The molecule has 29 heavy (non-hydrogen) atoms. The molecule has 1 heterocycles. The van der Waals surface area contributed by atoms with Crippen molar-refractivity contribution in [3.05, 3.63) is 62.7 Å². The molecule has 2 aromatic rings. The van der Waals surface area contributed by atoms with Gasteiger partial charge in [-0.25, -0.2) is 0 Å². The van der Waals surface area contributed by atoms with Gasteiger partial charge in [0.2, 0.25) is 0 Å². The zero-order valence-electron chi connectivity index (χ0n) is 15.1. The standard InChI is InChI=1S/C19H17ClF3N3O3/c20-15-11-13(26(28)29)5-6-14(15)18(27)24-16-10-12(19(21,22)23)4-7-17(16)25-8-2-1-3-9-25/h4-7,10-11H,1-3,8-9H2,(H,24,27). The fourth-order valence-corrected chi connectivity index (χ4v) is 3.48. The van der Waals surface area contributed by atoms with Crippen LogP contribution in [-0.2, 0) is 6.18 Å². The normalized spacial score (nSPS) is 14.6. The monoisotopic (exact) mass is 427 g/mol. The number of nitrogens with one attached hydrogen (secondary N) is 1. The molecule has 1 saturated heterocycles. The van der Waals surface area contributed by atoms with Crippen LogP contribution >= 0.6 is 11.6 Å². The SMILES string of the molecule is O=C(Nc1cc(C(F)(F)F)ccc1N1CCCCC1)c1ccc([N+](=O)[O-])cc1Cl. The average molecular weight is 428 g/mol. The van der Waals surface area contributed by atoms with Crippen LogP contribution in [0.3, 0.4) is 0 Å². The highest BCUT2D eigenvalue weighted by atomic mass is 35.5. The van der Waals surface area contributed by atoms with E-state index >= 15 is 0 Å². The van der Waals surface area contributed by atoms with E-state index in [1.807, 2.05) is 4.90 Å². The zero-order chi connectivity index (χ0) is 21.2. The Morgan fingerprint density at radius 1 is 1.10 bits per heavy atom.